The monoisotopic (exact) mass is 491 g/mol. The van der Waals surface area contributed by atoms with Crippen molar-refractivity contribution in [3.63, 3.8) is 0 Å². The average molecular weight is 492 g/mol. The van der Waals surface area contributed by atoms with Crippen molar-refractivity contribution >= 4 is 40.7 Å². The Kier molecular flexibility index (Phi) is 13.8. The lowest BCUT2D eigenvalue weighted by Crippen LogP contribution is -2.65. The normalized spacial score (nSPS) is 27.2. The number of amides is 1. The number of thioether (sulfide) groups is 1. The summed E-state index contributed by atoms with van der Waals surface area (Å²) in [5.41, 5.74) is 0. The van der Waals surface area contributed by atoms with Gasteiger partial charge in [-0.3, -0.25) is 9.35 Å². The summed E-state index contributed by atoms with van der Waals surface area (Å²) in [6, 6.07) is -1.21. The van der Waals surface area contributed by atoms with Crippen LogP contribution >= 0.6 is 24.4 Å². The molecule has 0 aromatic heterocycles. The zero-order valence-corrected chi connectivity index (χ0v) is 19.5. The fourth-order valence-electron chi connectivity index (χ4n) is 2.98. The van der Waals surface area contributed by atoms with E-state index in [1.54, 1.807) is 11.8 Å². The van der Waals surface area contributed by atoms with E-state index in [0.717, 1.165) is 30.1 Å². The van der Waals surface area contributed by atoms with Crippen molar-refractivity contribution in [2.24, 2.45) is 0 Å². The van der Waals surface area contributed by atoms with Gasteiger partial charge >= 0.3 is 10.4 Å². The molecule has 1 fully saturated rings. The minimum absolute atomic E-state index is 0.250. The van der Waals surface area contributed by atoms with Gasteiger partial charge in [0.15, 0.2) is 6.29 Å². The number of rotatable bonds is 15. The third kappa shape index (κ3) is 11.0. The highest BCUT2D eigenvalue weighted by Gasteiger charge is 2.48. The molecule has 1 amide bonds. The molecule has 1 rings (SSSR count). The van der Waals surface area contributed by atoms with Crippen molar-refractivity contribution in [2.75, 3.05) is 30.5 Å². The molecule has 10 nitrogen and oxygen atoms in total. The molecule has 0 aromatic carbocycles. The van der Waals surface area contributed by atoms with Crippen LogP contribution in [0.15, 0.2) is 0 Å². The molecule has 0 aromatic rings. The Hall–Kier alpha value is -0.120. The largest absolute Gasteiger partial charge is 0.397 e. The van der Waals surface area contributed by atoms with Crippen LogP contribution in [0.25, 0.3) is 0 Å². The number of carbonyl (C=O) groups excluding carboxylic acids is 1. The number of hydrogen-bond acceptors (Lipinski definition) is 10. The molecule has 1 aliphatic rings. The molecule has 30 heavy (non-hydrogen) atoms. The van der Waals surface area contributed by atoms with E-state index in [1.165, 1.54) is 19.8 Å². The van der Waals surface area contributed by atoms with Crippen LogP contribution in [-0.4, -0.2) is 90.2 Å². The van der Waals surface area contributed by atoms with Crippen LogP contribution < -0.4 is 5.32 Å². The smallest absolute Gasteiger partial charge is 0.394 e. The van der Waals surface area contributed by atoms with Crippen LogP contribution in [0.5, 0.6) is 0 Å². The number of thiol groups is 1. The number of hydrogen-bond donors (Lipinski definition) is 5. The Bertz CT molecular complexity index is 593. The van der Waals surface area contributed by atoms with E-state index in [0.29, 0.717) is 6.42 Å². The summed E-state index contributed by atoms with van der Waals surface area (Å²) in [7, 11) is -4.94. The summed E-state index contributed by atoms with van der Waals surface area (Å²) < 4.78 is 47.1. The van der Waals surface area contributed by atoms with E-state index < -0.39 is 53.6 Å². The van der Waals surface area contributed by atoms with Gasteiger partial charge in [-0.1, -0.05) is 12.8 Å². The first-order valence-corrected chi connectivity index (χ1v) is 13.0. The second-order valence-electron chi connectivity index (χ2n) is 6.91. The molecule has 1 heterocycles. The summed E-state index contributed by atoms with van der Waals surface area (Å²) in [6.07, 6.45) is -0.279. The summed E-state index contributed by atoms with van der Waals surface area (Å²) in [6.45, 7) is 0.807. The molecular formula is C17H33NO9S3. The van der Waals surface area contributed by atoms with Crippen molar-refractivity contribution < 1.29 is 41.6 Å². The van der Waals surface area contributed by atoms with Gasteiger partial charge in [0.05, 0.1) is 13.2 Å². The zero-order chi connectivity index (χ0) is 22.6. The van der Waals surface area contributed by atoms with E-state index in [2.05, 4.69) is 22.1 Å². The highest BCUT2D eigenvalue weighted by Crippen LogP contribution is 2.26. The summed E-state index contributed by atoms with van der Waals surface area (Å²) in [5, 5.41) is 22.1. The molecule has 5 atom stereocenters. The van der Waals surface area contributed by atoms with Gasteiger partial charge in [-0.2, -0.15) is 32.8 Å². The van der Waals surface area contributed by atoms with Crippen molar-refractivity contribution in [1.29, 1.82) is 0 Å². The van der Waals surface area contributed by atoms with E-state index in [-0.39, 0.29) is 6.61 Å². The van der Waals surface area contributed by atoms with E-state index in [9.17, 15) is 23.4 Å². The highest BCUT2D eigenvalue weighted by molar-refractivity contribution is 7.99. The van der Waals surface area contributed by atoms with Gasteiger partial charge in [0.25, 0.3) is 0 Å². The van der Waals surface area contributed by atoms with Gasteiger partial charge in [-0.15, -0.1) is 0 Å². The highest BCUT2D eigenvalue weighted by atomic mass is 32.3. The molecule has 0 saturated carbocycles. The van der Waals surface area contributed by atoms with Gasteiger partial charge < -0.3 is 25.0 Å². The maximum atomic E-state index is 11.5. The molecule has 0 radical (unpaired) electrons. The van der Waals surface area contributed by atoms with Gasteiger partial charge in [-0.25, -0.2) is 4.18 Å². The third-order valence-corrected chi connectivity index (χ3v) is 6.30. The fraction of sp³-hybridized carbons (Fsp3) is 0.941. The number of carbonyl (C=O) groups is 1. The number of aliphatic hydroxyl groups is 2. The van der Waals surface area contributed by atoms with E-state index in [4.69, 9.17) is 14.0 Å². The molecule has 0 unspecified atom stereocenters. The molecule has 0 spiro atoms. The predicted molar refractivity (Wildman–Crippen MR) is 116 cm³/mol. The van der Waals surface area contributed by atoms with Crippen molar-refractivity contribution in [3.8, 4) is 0 Å². The quantitative estimate of drug-likeness (QED) is 0.124. The lowest BCUT2D eigenvalue weighted by Gasteiger charge is -2.43. The predicted octanol–water partition coefficient (Wildman–Crippen LogP) is 0.387. The average Bonchev–Trinajstić information content (AvgIpc) is 2.66. The molecule has 1 aliphatic heterocycles. The topological polar surface area (TPSA) is 152 Å². The van der Waals surface area contributed by atoms with Crippen LogP contribution in [0.3, 0.4) is 0 Å². The first kappa shape index (κ1) is 27.9. The molecule has 13 heteroatoms. The lowest BCUT2D eigenvalue weighted by molar-refractivity contribution is -0.266. The maximum absolute atomic E-state index is 11.5. The lowest BCUT2D eigenvalue weighted by atomic mass is 9.97. The molecule has 0 bridgehead atoms. The first-order chi connectivity index (χ1) is 14.2. The Morgan fingerprint density at radius 2 is 1.87 bits per heavy atom. The SMILES string of the molecule is CC(=O)N[C@H]1[C@H](OCCCSCCCCCCS)O[C@H](CO)[C@@H](O)[C@@H]1OS(=O)(=O)O. The molecular weight excluding hydrogens is 458 g/mol. The number of aliphatic hydroxyl groups excluding tert-OH is 2. The van der Waals surface area contributed by atoms with Crippen LogP contribution in [-0.2, 0) is 28.9 Å². The minimum atomic E-state index is -4.94. The van der Waals surface area contributed by atoms with Crippen LogP contribution in [0.1, 0.15) is 39.0 Å². The van der Waals surface area contributed by atoms with Gasteiger partial charge in [0, 0.05) is 6.92 Å². The number of ether oxygens (including phenoxy) is 2. The molecule has 4 N–H and O–H groups in total. The second-order valence-corrected chi connectivity index (χ2v) is 9.63. The number of nitrogens with one attached hydrogen (secondary N) is 1. The van der Waals surface area contributed by atoms with Gasteiger partial charge in [0.2, 0.25) is 5.91 Å². The maximum Gasteiger partial charge on any atom is 0.397 e. The zero-order valence-electron chi connectivity index (χ0n) is 17.0. The molecule has 0 aliphatic carbocycles. The fourth-order valence-corrected chi connectivity index (χ4v) is 4.66. The Balaban J connectivity index is 2.56. The second kappa shape index (κ2) is 14.9. The van der Waals surface area contributed by atoms with Crippen molar-refractivity contribution in [2.45, 2.75) is 69.7 Å². The van der Waals surface area contributed by atoms with Gasteiger partial charge in [0.1, 0.15) is 24.4 Å². The third-order valence-electron chi connectivity index (χ3n) is 4.37. The standard InChI is InChI=1S/C17H33NO9S3/c1-12(20)18-14-16(27-30(22,23)24)15(21)13(11-19)26-17(14)25-7-6-10-29-9-5-3-2-4-8-28/h13-17,19,21,28H,2-11H2,1H3,(H,18,20)(H,22,23,24)/t13-,14-,15-,16-,17-/m1/s1. The van der Waals surface area contributed by atoms with Gasteiger partial charge in [-0.05, 0) is 36.5 Å². The Morgan fingerprint density at radius 3 is 2.47 bits per heavy atom. The first-order valence-electron chi connectivity index (χ1n) is 9.87. The molecule has 1 saturated heterocycles. The summed E-state index contributed by atoms with van der Waals surface area (Å²) in [4.78, 5) is 11.5. The van der Waals surface area contributed by atoms with Crippen LogP contribution in [0.4, 0.5) is 0 Å². The van der Waals surface area contributed by atoms with Crippen molar-refractivity contribution in [1.82, 2.24) is 5.32 Å². The summed E-state index contributed by atoms with van der Waals surface area (Å²) in [5.74, 6) is 2.27. The minimum Gasteiger partial charge on any atom is -0.394 e. The van der Waals surface area contributed by atoms with Crippen LogP contribution in [0, 0.1) is 0 Å². The number of unbranched alkanes of at least 4 members (excludes halogenated alkanes) is 3. The van der Waals surface area contributed by atoms with Crippen LogP contribution in [0.2, 0.25) is 0 Å². The summed E-state index contributed by atoms with van der Waals surface area (Å²) >= 11 is 5.98. The Labute approximate surface area is 187 Å². The van der Waals surface area contributed by atoms with E-state index >= 15 is 0 Å². The molecule has 178 valence electrons. The Morgan fingerprint density at radius 1 is 1.20 bits per heavy atom. The van der Waals surface area contributed by atoms with Crippen molar-refractivity contribution in [3.05, 3.63) is 0 Å². The van der Waals surface area contributed by atoms with E-state index in [1.807, 2.05) is 0 Å².